The standard InChI is InChI=1S/C20H18N2O3/c21-14-17-8-4-5-9-18(17)15-25-20(24)12-13-22-19(23)11-10-16-6-2-1-3-7-16/h1-11H,12-13,15H2,(H,22,23)/b11-10+. The lowest BCUT2D eigenvalue weighted by atomic mass is 10.1. The zero-order valence-electron chi connectivity index (χ0n) is 13.6. The smallest absolute Gasteiger partial charge is 0.307 e. The molecule has 0 aliphatic heterocycles. The van der Waals surface area contributed by atoms with E-state index in [1.807, 2.05) is 36.4 Å². The molecule has 0 radical (unpaired) electrons. The Balaban J connectivity index is 1.69. The lowest BCUT2D eigenvalue weighted by Gasteiger charge is -2.06. The van der Waals surface area contributed by atoms with Crippen LogP contribution in [-0.4, -0.2) is 18.4 Å². The Bertz CT molecular complexity index is 792. The third-order valence-corrected chi connectivity index (χ3v) is 3.38. The van der Waals surface area contributed by atoms with E-state index < -0.39 is 5.97 Å². The monoisotopic (exact) mass is 334 g/mol. The molecule has 2 rings (SSSR count). The third kappa shape index (κ3) is 6.32. The molecule has 126 valence electrons. The van der Waals surface area contributed by atoms with Gasteiger partial charge in [0.25, 0.3) is 0 Å². The lowest BCUT2D eigenvalue weighted by Crippen LogP contribution is -2.24. The zero-order chi connectivity index (χ0) is 17.9. The Morgan fingerprint density at radius 2 is 1.80 bits per heavy atom. The fraction of sp³-hybridized carbons (Fsp3) is 0.150. The first-order valence-corrected chi connectivity index (χ1v) is 7.83. The fourth-order valence-electron chi connectivity index (χ4n) is 2.07. The number of nitrogens with one attached hydrogen (secondary N) is 1. The highest BCUT2D eigenvalue weighted by Crippen LogP contribution is 2.09. The molecule has 5 heteroatoms. The van der Waals surface area contributed by atoms with Crippen molar-refractivity contribution in [2.24, 2.45) is 0 Å². The van der Waals surface area contributed by atoms with E-state index in [2.05, 4.69) is 5.32 Å². The molecule has 0 aliphatic carbocycles. The molecule has 2 aromatic carbocycles. The van der Waals surface area contributed by atoms with Gasteiger partial charge in [0.15, 0.2) is 0 Å². The first-order chi connectivity index (χ1) is 12.2. The summed E-state index contributed by atoms with van der Waals surface area (Å²) >= 11 is 0. The van der Waals surface area contributed by atoms with Gasteiger partial charge in [0.2, 0.25) is 5.91 Å². The minimum Gasteiger partial charge on any atom is -0.461 e. The van der Waals surface area contributed by atoms with Crippen molar-refractivity contribution >= 4 is 18.0 Å². The second kappa shape index (κ2) is 9.68. The van der Waals surface area contributed by atoms with Gasteiger partial charge in [-0.3, -0.25) is 9.59 Å². The summed E-state index contributed by atoms with van der Waals surface area (Å²) in [6.45, 7) is 0.237. The molecule has 0 bridgehead atoms. The Hall–Kier alpha value is -3.39. The van der Waals surface area contributed by atoms with Gasteiger partial charge in [-0.05, 0) is 17.7 Å². The maximum absolute atomic E-state index is 11.7. The van der Waals surface area contributed by atoms with Crippen LogP contribution in [0.1, 0.15) is 23.1 Å². The second-order valence-electron chi connectivity index (χ2n) is 5.21. The van der Waals surface area contributed by atoms with Crippen LogP contribution in [0.2, 0.25) is 0 Å². The quantitative estimate of drug-likeness (QED) is 0.624. The molecular formula is C20H18N2O3. The Kier molecular flexibility index (Phi) is 6.95. The molecule has 25 heavy (non-hydrogen) atoms. The summed E-state index contributed by atoms with van der Waals surface area (Å²) in [5.74, 6) is -0.702. The van der Waals surface area contributed by atoms with Crippen molar-refractivity contribution in [3.63, 3.8) is 0 Å². The number of rotatable bonds is 7. The summed E-state index contributed by atoms with van der Waals surface area (Å²) in [4.78, 5) is 23.4. The summed E-state index contributed by atoms with van der Waals surface area (Å²) in [7, 11) is 0. The van der Waals surface area contributed by atoms with E-state index >= 15 is 0 Å². The maximum Gasteiger partial charge on any atom is 0.307 e. The van der Waals surface area contributed by atoms with Gasteiger partial charge in [-0.1, -0.05) is 48.5 Å². The molecule has 1 amide bonds. The van der Waals surface area contributed by atoms with Gasteiger partial charge in [0.05, 0.1) is 18.1 Å². The normalized spacial score (nSPS) is 10.2. The molecule has 2 aromatic rings. The van der Waals surface area contributed by atoms with E-state index in [9.17, 15) is 9.59 Å². The lowest BCUT2D eigenvalue weighted by molar-refractivity contribution is -0.144. The number of nitriles is 1. The van der Waals surface area contributed by atoms with Crippen LogP contribution in [0.4, 0.5) is 0 Å². The summed E-state index contributed by atoms with van der Waals surface area (Å²) in [5.41, 5.74) is 2.07. The highest BCUT2D eigenvalue weighted by Gasteiger charge is 2.06. The summed E-state index contributed by atoms with van der Waals surface area (Å²) in [5, 5.41) is 11.6. The largest absolute Gasteiger partial charge is 0.461 e. The van der Waals surface area contributed by atoms with E-state index in [1.165, 1.54) is 6.08 Å². The molecule has 0 heterocycles. The maximum atomic E-state index is 11.7. The van der Waals surface area contributed by atoms with Crippen molar-refractivity contribution in [1.82, 2.24) is 5.32 Å². The Morgan fingerprint density at radius 3 is 2.56 bits per heavy atom. The van der Waals surface area contributed by atoms with Crippen LogP contribution < -0.4 is 5.32 Å². The first-order valence-electron chi connectivity index (χ1n) is 7.83. The van der Waals surface area contributed by atoms with Gasteiger partial charge >= 0.3 is 5.97 Å². The van der Waals surface area contributed by atoms with E-state index in [-0.39, 0.29) is 25.5 Å². The van der Waals surface area contributed by atoms with Gasteiger partial charge in [-0.2, -0.15) is 5.26 Å². The highest BCUT2D eigenvalue weighted by atomic mass is 16.5. The van der Waals surface area contributed by atoms with Gasteiger partial charge in [-0.15, -0.1) is 0 Å². The average Bonchev–Trinajstić information content (AvgIpc) is 2.65. The molecule has 0 spiro atoms. The van der Waals surface area contributed by atoms with Crippen LogP contribution in [0, 0.1) is 11.3 Å². The van der Waals surface area contributed by atoms with E-state index in [1.54, 1.807) is 30.3 Å². The van der Waals surface area contributed by atoms with E-state index in [0.717, 1.165) is 5.56 Å². The molecule has 0 unspecified atom stereocenters. The highest BCUT2D eigenvalue weighted by molar-refractivity contribution is 5.91. The van der Waals surface area contributed by atoms with Crippen molar-refractivity contribution in [3.05, 3.63) is 77.4 Å². The Labute approximate surface area is 146 Å². The SMILES string of the molecule is N#Cc1ccccc1COC(=O)CCNC(=O)/C=C/c1ccccc1. The van der Waals surface area contributed by atoms with Gasteiger partial charge < -0.3 is 10.1 Å². The van der Waals surface area contributed by atoms with Crippen molar-refractivity contribution in [1.29, 1.82) is 5.26 Å². The first kappa shape index (κ1) is 18.0. The number of hydrogen-bond acceptors (Lipinski definition) is 4. The molecule has 0 aliphatic rings. The number of esters is 1. The molecular weight excluding hydrogens is 316 g/mol. The van der Waals surface area contributed by atoms with Crippen molar-refractivity contribution in [3.8, 4) is 6.07 Å². The predicted molar refractivity (Wildman–Crippen MR) is 94.1 cm³/mol. The summed E-state index contributed by atoms with van der Waals surface area (Å²) < 4.78 is 5.12. The number of amides is 1. The fourth-order valence-corrected chi connectivity index (χ4v) is 2.07. The van der Waals surface area contributed by atoms with Gasteiger partial charge in [-0.25, -0.2) is 0 Å². The number of hydrogen-bond donors (Lipinski definition) is 1. The Morgan fingerprint density at radius 1 is 1.08 bits per heavy atom. The van der Waals surface area contributed by atoms with Crippen LogP contribution in [0.25, 0.3) is 6.08 Å². The number of ether oxygens (including phenoxy) is 1. The summed E-state index contributed by atoms with van der Waals surface area (Å²) in [6, 6.07) is 18.4. The van der Waals surface area contributed by atoms with Crippen LogP contribution in [0.3, 0.4) is 0 Å². The number of nitrogens with zero attached hydrogens (tertiary/aromatic N) is 1. The van der Waals surface area contributed by atoms with Crippen LogP contribution >= 0.6 is 0 Å². The van der Waals surface area contributed by atoms with Crippen molar-refractivity contribution in [2.75, 3.05) is 6.54 Å². The number of benzene rings is 2. The second-order valence-corrected chi connectivity index (χ2v) is 5.21. The van der Waals surface area contributed by atoms with E-state index in [0.29, 0.717) is 11.1 Å². The molecule has 0 atom stereocenters. The molecule has 0 saturated heterocycles. The summed E-state index contributed by atoms with van der Waals surface area (Å²) in [6.07, 6.45) is 3.19. The van der Waals surface area contributed by atoms with Crippen molar-refractivity contribution in [2.45, 2.75) is 13.0 Å². The average molecular weight is 334 g/mol. The van der Waals surface area contributed by atoms with Crippen LogP contribution in [-0.2, 0) is 20.9 Å². The number of carbonyl (C=O) groups excluding carboxylic acids is 2. The van der Waals surface area contributed by atoms with Crippen LogP contribution in [0.5, 0.6) is 0 Å². The topological polar surface area (TPSA) is 79.2 Å². The molecule has 1 N–H and O–H groups in total. The van der Waals surface area contributed by atoms with Gasteiger partial charge in [0.1, 0.15) is 6.61 Å². The predicted octanol–water partition coefficient (Wildman–Crippen LogP) is 2.82. The third-order valence-electron chi connectivity index (χ3n) is 3.38. The molecule has 0 aromatic heterocycles. The van der Waals surface area contributed by atoms with Crippen molar-refractivity contribution < 1.29 is 14.3 Å². The van der Waals surface area contributed by atoms with E-state index in [4.69, 9.17) is 10.00 Å². The molecule has 0 fully saturated rings. The molecule has 5 nitrogen and oxygen atoms in total. The minimum absolute atomic E-state index is 0.0461. The zero-order valence-corrected chi connectivity index (χ0v) is 13.6. The van der Waals surface area contributed by atoms with Gasteiger partial charge in [0, 0.05) is 18.2 Å². The minimum atomic E-state index is -0.430. The number of carbonyl (C=O) groups is 2. The van der Waals surface area contributed by atoms with Crippen LogP contribution in [0.15, 0.2) is 60.7 Å². The molecule has 0 saturated carbocycles.